The van der Waals surface area contributed by atoms with Crippen LogP contribution in [0.5, 0.6) is 5.75 Å². The molecule has 0 radical (unpaired) electrons. The third kappa shape index (κ3) is 12.0. The van der Waals surface area contributed by atoms with E-state index in [0.717, 1.165) is 63.4 Å². The Morgan fingerprint density at radius 1 is 1.03 bits per heavy atom. The number of aliphatic hydroxyl groups is 1. The Kier molecular flexibility index (Phi) is 15.9. The van der Waals surface area contributed by atoms with Gasteiger partial charge in [-0.2, -0.15) is 0 Å². The van der Waals surface area contributed by atoms with Gasteiger partial charge in [0, 0.05) is 94.1 Å². The summed E-state index contributed by atoms with van der Waals surface area (Å²) >= 11 is 9.86. The van der Waals surface area contributed by atoms with E-state index in [2.05, 4.69) is 42.7 Å². The van der Waals surface area contributed by atoms with Crippen molar-refractivity contribution in [2.24, 2.45) is 22.5 Å². The van der Waals surface area contributed by atoms with Gasteiger partial charge in [-0.25, -0.2) is 19.9 Å². The minimum absolute atomic E-state index is 0.0107. The first-order valence-corrected chi connectivity index (χ1v) is 26.3. The number of nitrogens with one attached hydrogen (secondary N) is 3. The molecule has 8 rings (SSSR count). The summed E-state index contributed by atoms with van der Waals surface area (Å²) in [7, 11) is 0. The molecule has 6 heterocycles. The van der Waals surface area contributed by atoms with Crippen molar-refractivity contribution in [2.45, 2.75) is 133 Å². The molecule has 3 aromatic heterocycles. The second-order valence-corrected chi connectivity index (χ2v) is 22.9. The zero-order valence-electron chi connectivity index (χ0n) is 40.9. The number of likely N-dealkylation sites (tertiary alicyclic amines) is 2. The predicted octanol–water partition coefficient (Wildman–Crippen LogP) is 6.06. The van der Waals surface area contributed by atoms with Gasteiger partial charge in [-0.3, -0.25) is 19.2 Å². The van der Waals surface area contributed by atoms with E-state index in [-0.39, 0.29) is 54.8 Å². The van der Waals surface area contributed by atoms with Crippen molar-refractivity contribution in [1.29, 1.82) is 0 Å². The third-order valence-corrected chi connectivity index (χ3v) is 16.7. The van der Waals surface area contributed by atoms with Crippen molar-refractivity contribution in [3.63, 3.8) is 0 Å². The number of hydrogen-bond donors (Lipinski definition) is 5. The Bertz CT molecular complexity index is 2520. The number of carbonyl (C=O) groups excluding carboxylic acids is 4. The summed E-state index contributed by atoms with van der Waals surface area (Å²) in [6, 6.07) is 6.03. The number of anilines is 2. The van der Waals surface area contributed by atoms with Crippen LogP contribution in [0.3, 0.4) is 0 Å². The van der Waals surface area contributed by atoms with E-state index in [1.807, 2.05) is 63.1 Å². The van der Waals surface area contributed by atoms with Crippen molar-refractivity contribution >= 4 is 70.0 Å². The van der Waals surface area contributed by atoms with Crippen LogP contribution < -0.4 is 31.3 Å². The van der Waals surface area contributed by atoms with Crippen LogP contribution in [0, 0.1) is 23.7 Å². The average Bonchev–Trinajstić information content (AvgIpc) is 3.94. The number of ether oxygens (including phenoxy) is 1. The van der Waals surface area contributed by atoms with Crippen LogP contribution in [0.2, 0.25) is 5.02 Å². The highest BCUT2D eigenvalue weighted by molar-refractivity contribution is 7.99. The maximum absolute atomic E-state index is 13.8. The predicted molar refractivity (Wildman–Crippen MR) is 272 cm³/mol. The summed E-state index contributed by atoms with van der Waals surface area (Å²) in [5.74, 6) is 0.925. The molecule has 17 nitrogen and oxygen atoms in total. The molecule has 1 aliphatic carbocycles. The molecule has 1 saturated carbocycles. The summed E-state index contributed by atoms with van der Waals surface area (Å²) in [4.78, 5) is 79.2. The van der Waals surface area contributed by atoms with Crippen LogP contribution in [-0.4, -0.2) is 128 Å². The minimum atomic E-state index is -0.914. The highest BCUT2D eigenvalue weighted by Crippen LogP contribution is 2.40. The molecule has 3 aliphatic heterocycles. The van der Waals surface area contributed by atoms with Crippen molar-refractivity contribution in [2.75, 3.05) is 49.5 Å². The number of piperidine rings is 2. The zero-order chi connectivity index (χ0) is 49.9. The molecule has 70 heavy (non-hydrogen) atoms. The molecule has 4 fully saturated rings. The lowest BCUT2D eigenvalue weighted by Gasteiger charge is -2.40. The SMILES string of the molecule is CC(=O)N[C@H](C(=O)N1C[C@H](O)C[C@H]1C(=O)NCc1ccc(-c2scnc2C)cc1OC1CCN(C(=O)C2CC(Nc3nccc(Sc4cnc(N5CCC(C)(CN)CC5)cn4)c3Cl)C2)CC1)C(C)(C)C. The van der Waals surface area contributed by atoms with E-state index in [1.165, 1.54) is 34.9 Å². The number of rotatable bonds is 15. The number of nitrogens with two attached hydrogens (primary N) is 1. The maximum Gasteiger partial charge on any atom is 0.246 e. The largest absolute Gasteiger partial charge is 0.490 e. The number of aromatic nitrogens is 4. The number of halogens is 1. The van der Waals surface area contributed by atoms with Crippen LogP contribution >= 0.6 is 34.7 Å². The van der Waals surface area contributed by atoms with Gasteiger partial charge in [-0.05, 0) is 67.7 Å². The highest BCUT2D eigenvalue weighted by Gasteiger charge is 2.44. The maximum atomic E-state index is 13.8. The van der Waals surface area contributed by atoms with Gasteiger partial charge in [0.2, 0.25) is 23.6 Å². The Morgan fingerprint density at radius 2 is 1.77 bits per heavy atom. The van der Waals surface area contributed by atoms with E-state index in [0.29, 0.717) is 61.9 Å². The molecule has 4 aliphatic rings. The van der Waals surface area contributed by atoms with Crippen molar-refractivity contribution in [3.8, 4) is 16.2 Å². The first-order chi connectivity index (χ1) is 33.4. The summed E-state index contributed by atoms with van der Waals surface area (Å²) in [6.45, 7) is 14.8. The fourth-order valence-corrected chi connectivity index (χ4v) is 11.5. The monoisotopic (exact) mass is 1020 g/mol. The molecule has 376 valence electrons. The van der Waals surface area contributed by atoms with Gasteiger partial charge in [0.15, 0.2) is 0 Å². The minimum Gasteiger partial charge on any atom is -0.490 e. The number of carbonyl (C=O) groups is 4. The summed E-state index contributed by atoms with van der Waals surface area (Å²) in [6.07, 6.45) is 9.04. The number of aryl methyl sites for hydroxylation is 1. The second-order valence-electron chi connectivity index (χ2n) is 20.6. The molecule has 0 spiro atoms. The highest BCUT2D eigenvalue weighted by atomic mass is 35.5. The summed E-state index contributed by atoms with van der Waals surface area (Å²) in [5.41, 5.74) is 9.95. The van der Waals surface area contributed by atoms with Gasteiger partial charge < -0.3 is 46.2 Å². The fourth-order valence-electron chi connectivity index (χ4n) is 9.64. The smallest absolute Gasteiger partial charge is 0.246 e. The van der Waals surface area contributed by atoms with E-state index in [1.54, 1.807) is 17.9 Å². The first kappa shape index (κ1) is 51.3. The Morgan fingerprint density at radius 3 is 2.41 bits per heavy atom. The molecule has 4 amide bonds. The third-order valence-electron chi connectivity index (χ3n) is 14.2. The average molecular weight is 1020 g/mol. The quantitative estimate of drug-likeness (QED) is 0.0914. The van der Waals surface area contributed by atoms with E-state index in [9.17, 15) is 24.3 Å². The lowest BCUT2D eigenvalue weighted by atomic mass is 9.79. The van der Waals surface area contributed by atoms with Gasteiger partial charge in [-0.15, -0.1) is 11.3 Å². The standard InChI is InChI=1S/C50H66ClN11O6S2/c1-29-43(69-28-57-29)31-7-8-32(23-56-46(65)37-22-35(64)26-62(37)48(67)44(49(3,4)5)58-30(2)63)38(21-31)68-36-10-15-61(16-11-36)47(66)33-19-34(20-33)59-45-42(51)39(9-14-53-45)70-41-25-54-40(24-55-41)60-17-12-50(6,27-52)13-18-60/h7-9,14,21,24-25,28,33-37,44,64H,10-13,15-20,22-23,26-27,52H2,1-6H3,(H,53,59)(H,56,65)(H,58,63)/t33?,34?,35-,37+,44-/m1/s1. The van der Waals surface area contributed by atoms with Crippen LogP contribution in [0.4, 0.5) is 11.6 Å². The molecule has 3 saturated heterocycles. The number of thiazole rings is 1. The molecule has 0 unspecified atom stereocenters. The van der Waals surface area contributed by atoms with Crippen molar-refractivity contribution < 1.29 is 29.0 Å². The number of aliphatic hydroxyl groups excluding tert-OH is 1. The lowest BCUT2D eigenvalue weighted by molar-refractivity contribution is -0.143. The zero-order valence-corrected chi connectivity index (χ0v) is 43.3. The summed E-state index contributed by atoms with van der Waals surface area (Å²) in [5, 5.41) is 21.1. The van der Waals surface area contributed by atoms with Crippen LogP contribution in [0.1, 0.15) is 90.8 Å². The normalized spacial score (nSPS) is 22.0. The number of β-amino-alcohol motifs (C(OH)–C–C–N with tert-alkyl or cyclic N) is 1. The number of nitrogens with zero attached hydrogens (tertiary/aromatic N) is 7. The van der Waals surface area contributed by atoms with E-state index >= 15 is 0 Å². The summed E-state index contributed by atoms with van der Waals surface area (Å²) < 4.78 is 6.72. The van der Waals surface area contributed by atoms with Crippen molar-refractivity contribution in [3.05, 3.63) is 64.6 Å². The lowest BCUT2D eigenvalue weighted by Crippen LogP contribution is -2.57. The number of benzene rings is 1. The molecule has 6 N–H and O–H groups in total. The molecule has 3 atom stereocenters. The van der Waals surface area contributed by atoms with E-state index < -0.39 is 35.4 Å². The fraction of sp³-hybridized carbons (Fsp3) is 0.560. The second kappa shape index (κ2) is 21.7. The molecule has 20 heteroatoms. The number of amides is 4. The van der Waals surface area contributed by atoms with Gasteiger partial charge in [0.25, 0.3) is 0 Å². The Balaban J connectivity index is 0.836. The molecule has 0 bridgehead atoms. The van der Waals surface area contributed by atoms with Crippen LogP contribution in [-0.2, 0) is 25.7 Å². The molecule has 1 aromatic carbocycles. The molecular formula is C50H66ClN11O6S2. The van der Waals surface area contributed by atoms with Gasteiger partial charge in [0.1, 0.15) is 40.6 Å². The topological polar surface area (TPSA) is 221 Å². The van der Waals surface area contributed by atoms with Gasteiger partial charge >= 0.3 is 0 Å². The number of hydrogen-bond acceptors (Lipinski definition) is 15. The Labute approximate surface area is 423 Å². The first-order valence-electron chi connectivity index (χ1n) is 24.3. The van der Waals surface area contributed by atoms with Crippen molar-refractivity contribution in [1.82, 2.24) is 40.4 Å². The van der Waals surface area contributed by atoms with Crippen LogP contribution in [0.25, 0.3) is 10.4 Å². The van der Waals surface area contributed by atoms with Gasteiger partial charge in [-0.1, -0.05) is 63.2 Å². The molecular weight excluding hydrogens is 950 g/mol. The van der Waals surface area contributed by atoms with E-state index in [4.69, 9.17) is 27.1 Å². The number of pyridine rings is 1. The van der Waals surface area contributed by atoms with Crippen LogP contribution in [0.15, 0.2) is 58.3 Å². The molecule has 4 aromatic rings. The Hall–Kier alpha value is -5.08. The van der Waals surface area contributed by atoms with Gasteiger partial charge in [0.05, 0.1) is 39.6 Å².